The van der Waals surface area contributed by atoms with Gasteiger partial charge in [-0.05, 0) is 0 Å². The van der Waals surface area contributed by atoms with Gasteiger partial charge in [-0.15, -0.1) is 0 Å². The van der Waals surface area contributed by atoms with Crippen LogP contribution in [0.1, 0.15) is 0 Å². The Kier molecular flexibility index (Phi) is 7.65. The molecule has 0 spiro atoms. The van der Waals surface area contributed by atoms with Crippen LogP contribution in [0.2, 0.25) is 0 Å². The fourth-order valence-electron chi connectivity index (χ4n) is 1.80. The van der Waals surface area contributed by atoms with Crippen molar-refractivity contribution >= 4 is 0 Å². The zero-order valence-electron chi connectivity index (χ0n) is 10.1. The lowest BCUT2D eigenvalue weighted by atomic mass is 10.3. The summed E-state index contributed by atoms with van der Waals surface area (Å²) in [5.41, 5.74) is 5.40. The van der Waals surface area contributed by atoms with Crippen LogP contribution < -0.4 is 22.2 Å². The maximum atomic E-state index is 5.43. The highest BCUT2D eigenvalue weighted by Crippen LogP contribution is 1.88. The van der Waals surface area contributed by atoms with E-state index in [9.17, 15) is 0 Å². The molecule has 6 nitrogen and oxygen atoms in total. The number of nitrogens with zero attached hydrogens (tertiary/aromatic N) is 2. The van der Waals surface area contributed by atoms with E-state index in [2.05, 4.69) is 15.5 Å². The normalized spacial score (nSPS) is 23.6. The summed E-state index contributed by atoms with van der Waals surface area (Å²) >= 11 is 0. The Morgan fingerprint density at radius 3 is 1.75 bits per heavy atom. The third-order valence-electron chi connectivity index (χ3n) is 2.81. The number of hydrogen-bond donors (Lipinski definition) is 4. The average molecular weight is 230 g/mol. The van der Waals surface area contributed by atoms with Gasteiger partial charge in [0.25, 0.3) is 0 Å². The molecular weight excluding hydrogens is 204 g/mol. The summed E-state index contributed by atoms with van der Waals surface area (Å²) in [6, 6.07) is 0. The SMILES string of the molecule is NCCN1CCNCC1.NN1CCNCC1. The predicted molar refractivity (Wildman–Crippen MR) is 67.0 cm³/mol. The predicted octanol–water partition coefficient (Wildman–Crippen LogP) is -2.38. The van der Waals surface area contributed by atoms with Crippen molar-refractivity contribution in [2.75, 3.05) is 65.4 Å². The van der Waals surface area contributed by atoms with Gasteiger partial charge in [-0.25, -0.2) is 5.01 Å². The number of nitrogens with two attached hydrogens (primary N) is 2. The van der Waals surface area contributed by atoms with Crippen molar-refractivity contribution in [2.45, 2.75) is 0 Å². The molecule has 2 aliphatic heterocycles. The van der Waals surface area contributed by atoms with Crippen LogP contribution in [0.15, 0.2) is 0 Å². The molecule has 2 saturated heterocycles. The molecule has 0 saturated carbocycles. The topological polar surface area (TPSA) is 82.6 Å². The van der Waals surface area contributed by atoms with Gasteiger partial charge in [0.05, 0.1) is 0 Å². The minimum Gasteiger partial charge on any atom is -0.329 e. The summed E-state index contributed by atoms with van der Waals surface area (Å²) in [5, 5.41) is 8.31. The molecule has 96 valence electrons. The quantitative estimate of drug-likeness (QED) is 0.397. The van der Waals surface area contributed by atoms with Crippen LogP contribution >= 0.6 is 0 Å². The number of nitrogens with one attached hydrogen (secondary N) is 2. The molecule has 2 fully saturated rings. The molecule has 0 atom stereocenters. The Bertz CT molecular complexity index is 151. The first-order valence-electron chi connectivity index (χ1n) is 6.16. The van der Waals surface area contributed by atoms with E-state index in [-0.39, 0.29) is 0 Å². The summed E-state index contributed by atoms with van der Waals surface area (Å²) in [7, 11) is 0. The van der Waals surface area contributed by atoms with Gasteiger partial charge >= 0.3 is 0 Å². The molecule has 0 aromatic carbocycles. The monoisotopic (exact) mass is 230 g/mol. The smallest absolute Gasteiger partial charge is 0.0254 e. The number of rotatable bonds is 2. The number of hydrogen-bond acceptors (Lipinski definition) is 6. The maximum Gasteiger partial charge on any atom is 0.0254 e. The van der Waals surface area contributed by atoms with Gasteiger partial charge in [0.15, 0.2) is 0 Å². The lowest BCUT2D eigenvalue weighted by Gasteiger charge is -2.26. The largest absolute Gasteiger partial charge is 0.329 e. The fraction of sp³-hybridized carbons (Fsp3) is 1.00. The average Bonchev–Trinajstić information content (AvgIpc) is 2.33. The van der Waals surface area contributed by atoms with Crippen molar-refractivity contribution < 1.29 is 0 Å². The van der Waals surface area contributed by atoms with Crippen LogP contribution in [0, 0.1) is 0 Å². The molecule has 6 heteroatoms. The second-order valence-corrected chi connectivity index (χ2v) is 4.17. The van der Waals surface area contributed by atoms with Crippen LogP contribution in [-0.4, -0.2) is 75.4 Å². The van der Waals surface area contributed by atoms with E-state index in [1.807, 2.05) is 5.01 Å². The maximum absolute atomic E-state index is 5.43. The first-order valence-corrected chi connectivity index (χ1v) is 6.16. The Labute approximate surface area is 98.3 Å². The highest BCUT2D eigenvalue weighted by Gasteiger charge is 2.06. The highest BCUT2D eigenvalue weighted by atomic mass is 15.4. The van der Waals surface area contributed by atoms with Crippen molar-refractivity contribution in [2.24, 2.45) is 11.6 Å². The van der Waals surface area contributed by atoms with Crippen LogP contribution in [0.5, 0.6) is 0 Å². The molecule has 16 heavy (non-hydrogen) atoms. The zero-order chi connectivity index (χ0) is 11.6. The number of piperazine rings is 2. The molecule has 0 amide bonds. The van der Waals surface area contributed by atoms with Crippen molar-refractivity contribution in [1.82, 2.24) is 20.5 Å². The Morgan fingerprint density at radius 1 is 0.875 bits per heavy atom. The van der Waals surface area contributed by atoms with Gasteiger partial charge in [-0.1, -0.05) is 0 Å². The van der Waals surface area contributed by atoms with Crippen molar-refractivity contribution in [1.29, 1.82) is 0 Å². The van der Waals surface area contributed by atoms with Crippen LogP contribution in [0.25, 0.3) is 0 Å². The number of hydrazine groups is 1. The highest BCUT2D eigenvalue weighted by molar-refractivity contribution is 4.66. The zero-order valence-corrected chi connectivity index (χ0v) is 10.1. The van der Waals surface area contributed by atoms with E-state index in [0.717, 1.165) is 65.4 Å². The minimum absolute atomic E-state index is 0.792. The van der Waals surface area contributed by atoms with Crippen molar-refractivity contribution in [3.63, 3.8) is 0 Å². The molecular formula is C10H26N6. The first-order chi connectivity index (χ1) is 7.83. The summed E-state index contributed by atoms with van der Waals surface area (Å²) in [5.74, 6) is 5.43. The first kappa shape index (κ1) is 13.8. The van der Waals surface area contributed by atoms with E-state index in [0.29, 0.717) is 0 Å². The third kappa shape index (κ3) is 6.37. The molecule has 2 heterocycles. The molecule has 0 aliphatic carbocycles. The summed E-state index contributed by atoms with van der Waals surface area (Å²) in [6.45, 7) is 10.5. The third-order valence-corrected chi connectivity index (χ3v) is 2.81. The van der Waals surface area contributed by atoms with Crippen LogP contribution in [-0.2, 0) is 0 Å². The Hall–Kier alpha value is -0.240. The van der Waals surface area contributed by atoms with Gasteiger partial charge in [0, 0.05) is 65.4 Å². The van der Waals surface area contributed by atoms with Gasteiger partial charge in [-0.2, -0.15) is 0 Å². The lowest BCUT2D eigenvalue weighted by molar-refractivity contribution is 0.247. The fourth-order valence-corrected chi connectivity index (χ4v) is 1.80. The van der Waals surface area contributed by atoms with Gasteiger partial charge in [-0.3, -0.25) is 10.7 Å². The van der Waals surface area contributed by atoms with E-state index in [1.54, 1.807) is 0 Å². The summed E-state index contributed by atoms with van der Waals surface area (Å²) < 4.78 is 0. The standard InChI is InChI=1S/C6H15N3.C4H11N3/c7-1-4-9-5-2-8-3-6-9;5-7-3-1-6-2-4-7/h8H,1-7H2;6H,1-5H2. The second-order valence-electron chi connectivity index (χ2n) is 4.17. The van der Waals surface area contributed by atoms with E-state index in [1.165, 1.54) is 0 Å². The molecule has 0 aromatic heterocycles. The molecule has 6 N–H and O–H groups in total. The van der Waals surface area contributed by atoms with E-state index >= 15 is 0 Å². The second kappa shape index (κ2) is 8.86. The van der Waals surface area contributed by atoms with E-state index < -0.39 is 0 Å². The van der Waals surface area contributed by atoms with Crippen LogP contribution in [0.3, 0.4) is 0 Å². The molecule has 0 bridgehead atoms. The van der Waals surface area contributed by atoms with Crippen molar-refractivity contribution in [3.05, 3.63) is 0 Å². The van der Waals surface area contributed by atoms with Gasteiger partial charge in [0.1, 0.15) is 0 Å². The van der Waals surface area contributed by atoms with Gasteiger partial charge < -0.3 is 16.4 Å². The lowest BCUT2D eigenvalue weighted by Crippen LogP contribution is -2.47. The molecule has 2 rings (SSSR count). The molecule has 2 aliphatic rings. The Balaban J connectivity index is 0.000000165. The summed E-state index contributed by atoms with van der Waals surface area (Å²) in [6.07, 6.45) is 0. The van der Waals surface area contributed by atoms with Crippen molar-refractivity contribution in [3.8, 4) is 0 Å². The van der Waals surface area contributed by atoms with Gasteiger partial charge in [0.2, 0.25) is 0 Å². The van der Waals surface area contributed by atoms with Crippen LogP contribution in [0.4, 0.5) is 0 Å². The summed E-state index contributed by atoms with van der Waals surface area (Å²) in [4.78, 5) is 2.39. The van der Waals surface area contributed by atoms with E-state index in [4.69, 9.17) is 11.6 Å². The molecule has 0 radical (unpaired) electrons. The Morgan fingerprint density at radius 2 is 1.38 bits per heavy atom. The molecule has 0 unspecified atom stereocenters. The minimum atomic E-state index is 0.792. The molecule has 0 aromatic rings.